The number of anilines is 1. The molecule has 0 aliphatic rings. The van der Waals surface area contributed by atoms with Gasteiger partial charge in [-0.25, -0.2) is 4.79 Å². The van der Waals surface area contributed by atoms with Gasteiger partial charge in [0.05, 0.1) is 18.7 Å². The highest BCUT2D eigenvalue weighted by atomic mass is 16.5. The predicted molar refractivity (Wildman–Crippen MR) is 108 cm³/mol. The van der Waals surface area contributed by atoms with E-state index in [-0.39, 0.29) is 17.4 Å². The monoisotopic (exact) mass is 384 g/mol. The van der Waals surface area contributed by atoms with E-state index in [2.05, 4.69) is 21.8 Å². The van der Waals surface area contributed by atoms with E-state index in [0.29, 0.717) is 12.1 Å². The number of nitrogens with zero attached hydrogens (tertiary/aromatic N) is 4. The lowest BCUT2D eigenvalue weighted by molar-refractivity contribution is 0.243. The maximum atomic E-state index is 12.4. The topological polar surface area (TPSA) is 95.2 Å². The summed E-state index contributed by atoms with van der Waals surface area (Å²) < 4.78 is 6.95. The summed E-state index contributed by atoms with van der Waals surface area (Å²) in [6, 6.07) is 9.36. The molecular formula is C20H28N6O2. The summed E-state index contributed by atoms with van der Waals surface area (Å²) in [6.45, 7) is 6.30. The third-order valence-corrected chi connectivity index (χ3v) is 4.31. The summed E-state index contributed by atoms with van der Waals surface area (Å²) in [5.41, 5.74) is 1.06. The molecule has 1 aromatic heterocycles. The van der Waals surface area contributed by atoms with E-state index < -0.39 is 6.03 Å². The lowest BCUT2D eigenvalue weighted by atomic mass is 10.1. The van der Waals surface area contributed by atoms with Crippen molar-refractivity contribution in [1.29, 1.82) is 5.26 Å². The molecule has 0 unspecified atom stereocenters. The first-order valence-electron chi connectivity index (χ1n) is 9.01. The molecule has 1 atom stereocenters. The molecular weight excluding hydrogens is 356 g/mol. The zero-order chi connectivity index (χ0) is 20.9. The molecule has 0 fully saturated rings. The molecule has 2 N–H and O–H groups in total. The first kappa shape index (κ1) is 21.3. The molecule has 8 heteroatoms. The van der Waals surface area contributed by atoms with Crippen molar-refractivity contribution in [1.82, 2.24) is 20.0 Å². The Morgan fingerprint density at radius 1 is 1.39 bits per heavy atom. The van der Waals surface area contributed by atoms with Gasteiger partial charge in [0.25, 0.3) is 0 Å². The van der Waals surface area contributed by atoms with Gasteiger partial charge in [0.15, 0.2) is 5.82 Å². The Labute approximate surface area is 166 Å². The molecule has 0 saturated heterocycles. The number of hydrogen-bond donors (Lipinski definition) is 2. The van der Waals surface area contributed by atoms with Gasteiger partial charge in [-0.2, -0.15) is 10.4 Å². The van der Waals surface area contributed by atoms with E-state index in [1.54, 1.807) is 18.0 Å². The van der Waals surface area contributed by atoms with E-state index in [1.807, 2.05) is 64.0 Å². The van der Waals surface area contributed by atoms with Crippen molar-refractivity contribution in [2.45, 2.75) is 32.4 Å². The second-order valence-corrected chi connectivity index (χ2v) is 7.71. The van der Waals surface area contributed by atoms with Crippen molar-refractivity contribution in [3.8, 4) is 11.8 Å². The van der Waals surface area contributed by atoms with Gasteiger partial charge in [-0.15, -0.1) is 0 Å². The third kappa shape index (κ3) is 5.24. The summed E-state index contributed by atoms with van der Waals surface area (Å²) >= 11 is 0. The summed E-state index contributed by atoms with van der Waals surface area (Å²) in [5, 5.41) is 19.2. The molecule has 8 nitrogen and oxygen atoms in total. The minimum atomic E-state index is -0.412. The Morgan fingerprint density at radius 3 is 2.68 bits per heavy atom. The molecule has 1 aromatic carbocycles. The minimum absolute atomic E-state index is 0.0385. The number of aromatic nitrogens is 2. The molecule has 1 heterocycles. The van der Waals surface area contributed by atoms with Gasteiger partial charge < -0.3 is 15.0 Å². The number of methoxy groups -OCH3 is 1. The molecule has 0 spiro atoms. The number of nitrogens with one attached hydrogen (secondary N) is 2. The molecule has 150 valence electrons. The molecule has 0 radical (unpaired) electrons. The highest BCUT2D eigenvalue weighted by molar-refractivity contribution is 5.89. The van der Waals surface area contributed by atoms with Gasteiger partial charge in [-0.3, -0.25) is 10.00 Å². The van der Waals surface area contributed by atoms with E-state index in [4.69, 9.17) is 4.74 Å². The molecule has 2 amide bonds. The van der Waals surface area contributed by atoms with Gasteiger partial charge in [0.2, 0.25) is 0 Å². The first-order chi connectivity index (χ1) is 13.2. The van der Waals surface area contributed by atoms with Gasteiger partial charge in [-0.1, -0.05) is 12.1 Å². The number of carbonyl (C=O) groups excluding carboxylic acids is 1. The smallest absolute Gasteiger partial charge is 0.320 e. The number of ether oxygens (including phenoxy) is 1. The van der Waals surface area contributed by atoms with Crippen LogP contribution in [0.5, 0.6) is 5.75 Å². The zero-order valence-electron chi connectivity index (χ0n) is 17.3. The molecule has 2 rings (SSSR count). The largest absolute Gasteiger partial charge is 0.497 e. The van der Waals surface area contributed by atoms with Crippen molar-refractivity contribution < 1.29 is 9.53 Å². The summed E-state index contributed by atoms with van der Waals surface area (Å²) in [6.07, 6.45) is 1.63. The summed E-state index contributed by atoms with van der Waals surface area (Å²) in [4.78, 5) is 14.4. The normalized spacial score (nSPS) is 12.4. The minimum Gasteiger partial charge on any atom is -0.497 e. The van der Waals surface area contributed by atoms with Crippen LogP contribution in [0.4, 0.5) is 10.6 Å². The van der Waals surface area contributed by atoms with Crippen LogP contribution in [0.3, 0.4) is 0 Å². The van der Waals surface area contributed by atoms with Crippen LogP contribution in [-0.2, 0) is 5.54 Å². The van der Waals surface area contributed by atoms with Crippen LogP contribution in [0.15, 0.2) is 30.5 Å². The van der Waals surface area contributed by atoms with Gasteiger partial charge in [0, 0.05) is 12.7 Å². The maximum Gasteiger partial charge on any atom is 0.320 e. The zero-order valence-corrected chi connectivity index (χ0v) is 17.3. The van der Waals surface area contributed by atoms with Crippen LogP contribution >= 0.6 is 0 Å². The number of hydrogen-bond acceptors (Lipinski definition) is 5. The molecule has 2 aromatic rings. The Morgan fingerprint density at radius 2 is 2.11 bits per heavy atom. The third-order valence-electron chi connectivity index (χ3n) is 4.31. The lowest BCUT2D eigenvalue weighted by Crippen LogP contribution is -2.37. The number of benzene rings is 1. The number of likely N-dealkylation sites (N-methyl/N-ethyl adjacent to an activating group) is 1. The Kier molecular flexibility index (Phi) is 6.65. The van der Waals surface area contributed by atoms with Crippen LogP contribution in [-0.4, -0.2) is 48.5 Å². The highest BCUT2D eigenvalue weighted by Crippen LogP contribution is 2.22. The number of nitriles is 1. The second kappa shape index (κ2) is 8.76. The fraction of sp³-hybridized carbons (Fsp3) is 0.450. The van der Waals surface area contributed by atoms with Crippen molar-refractivity contribution >= 4 is 11.8 Å². The van der Waals surface area contributed by atoms with Gasteiger partial charge in [0.1, 0.15) is 17.4 Å². The summed E-state index contributed by atoms with van der Waals surface area (Å²) in [7, 11) is 5.52. The quantitative estimate of drug-likeness (QED) is 0.798. The SMILES string of the molecule is COc1cccc([C@@H](CNC(=O)Nc2nn(C(C)(C)C)cc2C#N)N(C)C)c1. The van der Waals surface area contributed by atoms with E-state index in [1.165, 1.54) is 0 Å². The average molecular weight is 384 g/mol. The van der Waals surface area contributed by atoms with Crippen molar-refractivity contribution in [2.75, 3.05) is 33.1 Å². The first-order valence-corrected chi connectivity index (χ1v) is 9.01. The fourth-order valence-corrected chi connectivity index (χ4v) is 2.68. The number of urea groups is 1. The Hall–Kier alpha value is -3.05. The fourth-order valence-electron chi connectivity index (χ4n) is 2.68. The number of amides is 2. The lowest BCUT2D eigenvalue weighted by Gasteiger charge is -2.25. The molecule has 0 aliphatic heterocycles. The maximum absolute atomic E-state index is 12.4. The van der Waals surface area contributed by atoms with Gasteiger partial charge in [-0.05, 0) is 52.6 Å². The van der Waals surface area contributed by atoms with Crippen LogP contribution < -0.4 is 15.4 Å². The highest BCUT2D eigenvalue weighted by Gasteiger charge is 2.20. The van der Waals surface area contributed by atoms with Crippen LogP contribution in [0.2, 0.25) is 0 Å². The van der Waals surface area contributed by atoms with Crippen LogP contribution in [0.25, 0.3) is 0 Å². The predicted octanol–water partition coefficient (Wildman–Crippen LogP) is 2.94. The van der Waals surface area contributed by atoms with Crippen LogP contribution in [0.1, 0.15) is 37.9 Å². The number of carbonyl (C=O) groups is 1. The van der Waals surface area contributed by atoms with Crippen LogP contribution in [0, 0.1) is 11.3 Å². The molecule has 28 heavy (non-hydrogen) atoms. The molecule has 0 aliphatic carbocycles. The Balaban J connectivity index is 2.08. The standard InChI is InChI=1S/C20H28N6O2/c1-20(2,3)26-13-15(11-21)18(24-26)23-19(27)22-12-17(25(4)5)14-8-7-9-16(10-14)28-6/h7-10,13,17H,12H2,1-6H3,(H2,22,23,24,27)/t17-/m1/s1. The van der Waals surface area contributed by atoms with Crippen molar-refractivity contribution in [2.24, 2.45) is 0 Å². The number of rotatable bonds is 6. The van der Waals surface area contributed by atoms with E-state index in [0.717, 1.165) is 11.3 Å². The van der Waals surface area contributed by atoms with E-state index >= 15 is 0 Å². The Bertz CT molecular complexity index is 860. The molecule has 0 saturated carbocycles. The second-order valence-electron chi connectivity index (χ2n) is 7.71. The van der Waals surface area contributed by atoms with E-state index in [9.17, 15) is 10.1 Å². The van der Waals surface area contributed by atoms with Crippen molar-refractivity contribution in [3.05, 3.63) is 41.6 Å². The summed E-state index contributed by atoms with van der Waals surface area (Å²) in [5.74, 6) is 1.01. The van der Waals surface area contributed by atoms with Crippen molar-refractivity contribution in [3.63, 3.8) is 0 Å². The molecule has 0 bridgehead atoms. The average Bonchev–Trinajstić information content (AvgIpc) is 3.05. The van der Waals surface area contributed by atoms with Gasteiger partial charge >= 0.3 is 6.03 Å².